The monoisotopic (exact) mass is 457 g/mol. The molecule has 0 N–H and O–H groups in total. The molecule has 2 aromatic heterocycles. The quantitative estimate of drug-likeness (QED) is 0.339. The molecule has 1 aliphatic carbocycles. The molecule has 3 aromatic rings. The van der Waals surface area contributed by atoms with Gasteiger partial charge in [0, 0.05) is 22.9 Å². The Morgan fingerprint density at radius 1 is 1.09 bits per heavy atom. The average Bonchev–Trinajstić information content (AvgIpc) is 3.49. The molecule has 2 heterocycles. The van der Waals surface area contributed by atoms with Crippen molar-refractivity contribution in [1.82, 2.24) is 14.8 Å². The minimum absolute atomic E-state index is 0.226. The Kier molecular flexibility index (Phi) is 7.04. The summed E-state index contributed by atoms with van der Waals surface area (Å²) < 4.78 is 23.2. The van der Waals surface area contributed by atoms with E-state index in [-0.39, 0.29) is 5.76 Å². The first-order chi connectivity index (χ1) is 15.7. The van der Waals surface area contributed by atoms with Gasteiger partial charge in [-0.25, -0.2) is 4.79 Å². The van der Waals surface area contributed by atoms with Crippen LogP contribution in [0.3, 0.4) is 0 Å². The molecule has 32 heavy (non-hydrogen) atoms. The van der Waals surface area contributed by atoms with Crippen LogP contribution in [0.5, 0.6) is 11.5 Å². The van der Waals surface area contributed by atoms with Crippen LogP contribution in [0.4, 0.5) is 0 Å². The number of benzene rings is 1. The Labute approximate surface area is 191 Å². The molecular weight excluding hydrogens is 430 g/mol. The molecule has 0 atom stereocenters. The van der Waals surface area contributed by atoms with E-state index < -0.39 is 5.97 Å². The predicted octanol–water partition coefficient (Wildman–Crippen LogP) is 5.14. The highest BCUT2D eigenvalue weighted by Gasteiger charge is 2.25. The standard InChI is InChI=1S/C23H27N3O5S/c1-28-18-10-9-15(13-19(18)29-2)21-24-25-23(26(21)17-7-5-4-6-8-17)32-14-16-11-12-31-20(16)22(27)30-3/h9-13,17H,4-8,14H2,1-3H3. The SMILES string of the molecule is COC(=O)c1occc1CSc1nnc(-c2ccc(OC)c(OC)c2)n1C1CCCCC1. The van der Waals surface area contributed by atoms with Crippen molar-refractivity contribution in [2.45, 2.75) is 49.1 Å². The normalized spacial score (nSPS) is 14.3. The Balaban J connectivity index is 1.67. The maximum Gasteiger partial charge on any atom is 0.374 e. The number of aromatic nitrogens is 3. The Morgan fingerprint density at radius 2 is 1.88 bits per heavy atom. The number of rotatable bonds is 8. The number of hydrogen-bond acceptors (Lipinski definition) is 8. The molecule has 0 bridgehead atoms. The zero-order valence-corrected chi connectivity index (χ0v) is 19.3. The molecule has 9 heteroatoms. The van der Waals surface area contributed by atoms with E-state index in [0.717, 1.165) is 34.9 Å². The van der Waals surface area contributed by atoms with Gasteiger partial charge >= 0.3 is 5.97 Å². The second kappa shape index (κ2) is 10.1. The summed E-state index contributed by atoms with van der Waals surface area (Å²) in [6.45, 7) is 0. The van der Waals surface area contributed by atoms with Gasteiger partial charge in [-0.2, -0.15) is 0 Å². The Bertz CT molecular complexity index is 1070. The summed E-state index contributed by atoms with van der Waals surface area (Å²) in [6.07, 6.45) is 7.31. The summed E-state index contributed by atoms with van der Waals surface area (Å²) >= 11 is 1.54. The lowest BCUT2D eigenvalue weighted by atomic mass is 9.95. The van der Waals surface area contributed by atoms with Crippen molar-refractivity contribution in [2.75, 3.05) is 21.3 Å². The molecule has 0 spiro atoms. The van der Waals surface area contributed by atoms with Crippen molar-refractivity contribution >= 4 is 17.7 Å². The zero-order chi connectivity index (χ0) is 22.5. The second-order valence-electron chi connectivity index (χ2n) is 7.59. The molecule has 1 aromatic carbocycles. The fraction of sp³-hybridized carbons (Fsp3) is 0.435. The highest BCUT2D eigenvalue weighted by atomic mass is 32.2. The van der Waals surface area contributed by atoms with Crippen LogP contribution in [-0.4, -0.2) is 42.1 Å². The van der Waals surface area contributed by atoms with E-state index in [2.05, 4.69) is 14.8 Å². The molecule has 0 aliphatic heterocycles. The predicted molar refractivity (Wildman–Crippen MR) is 120 cm³/mol. The van der Waals surface area contributed by atoms with Gasteiger partial charge in [-0.1, -0.05) is 31.0 Å². The molecule has 0 amide bonds. The van der Waals surface area contributed by atoms with E-state index in [1.54, 1.807) is 20.3 Å². The number of carbonyl (C=O) groups excluding carboxylic acids is 1. The highest BCUT2D eigenvalue weighted by molar-refractivity contribution is 7.98. The third-order valence-electron chi connectivity index (χ3n) is 5.72. The van der Waals surface area contributed by atoms with Crippen molar-refractivity contribution in [3.63, 3.8) is 0 Å². The van der Waals surface area contributed by atoms with Crippen molar-refractivity contribution in [3.05, 3.63) is 41.9 Å². The molecule has 1 fully saturated rings. The van der Waals surface area contributed by atoms with Crippen molar-refractivity contribution in [2.24, 2.45) is 0 Å². The molecule has 1 aliphatic rings. The Hall–Kier alpha value is -2.94. The van der Waals surface area contributed by atoms with E-state index in [4.69, 9.17) is 18.6 Å². The number of furan rings is 1. The summed E-state index contributed by atoms with van der Waals surface area (Å²) in [6, 6.07) is 7.91. The topological polar surface area (TPSA) is 88.6 Å². The number of methoxy groups -OCH3 is 3. The first kappa shape index (κ1) is 22.3. The van der Waals surface area contributed by atoms with Crippen LogP contribution in [0, 0.1) is 0 Å². The zero-order valence-electron chi connectivity index (χ0n) is 18.5. The van der Waals surface area contributed by atoms with Gasteiger partial charge < -0.3 is 18.6 Å². The van der Waals surface area contributed by atoms with Crippen LogP contribution in [0.25, 0.3) is 11.4 Å². The van der Waals surface area contributed by atoms with Gasteiger partial charge in [0.15, 0.2) is 22.5 Å². The van der Waals surface area contributed by atoms with Gasteiger partial charge in [0.05, 0.1) is 27.6 Å². The third kappa shape index (κ3) is 4.48. The smallest absolute Gasteiger partial charge is 0.374 e. The summed E-state index contributed by atoms with van der Waals surface area (Å²) in [5.41, 5.74) is 1.69. The fourth-order valence-corrected chi connectivity index (χ4v) is 5.06. The van der Waals surface area contributed by atoms with Crippen molar-refractivity contribution in [1.29, 1.82) is 0 Å². The largest absolute Gasteiger partial charge is 0.493 e. The van der Waals surface area contributed by atoms with Crippen LogP contribution in [0.15, 0.2) is 40.1 Å². The summed E-state index contributed by atoms with van der Waals surface area (Å²) in [5.74, 6) is 2.40. The fourth-order valence-electron chi connectivity index (χ4n) is 4.08. The van der Waals surface area contributed by atoms with Crippen LogP contribution in [0.1, 0.15) is 54.3 Å². The molecule has 4 rings (SSSR count). The molecule has 1 saturated carbocycles. The number of carbonyl (C=O) groups is 1. The van der Waals surface area contributed by atoms with Gasteiger partial charge in [-0.3, -0.25) is 4.57 Å². The molecule has 0 saturated heterocycles. The van der Waals surface area contributed by atoms with E-state index in [1.807, 2.05) is 18.2 Å². The number of thioether (sulfide) groups is 1. The van der Waals surface area contributed by atoms with Gasteiger partial charge in [0.25, 0.3) is 0 Å². The third-order valence-corrected chi connectivity index (χ3v) is 6.71. The minimum atomic E-state index is -0.481. The van der Waals surface area contributed by atoms with Crippen LogP contribution in [0.2, 0.25) is 0 Å². The van der Waals surface area contributed by atoms with Crippen LogP contribution in [-0.2, 0) is 10.5 Å². The molecular formula is C23H27N3O5S. The maximum absolute atomic E-state index is 11.9. The van der Waals surface area contributed by atoms with E-state index in [1.165, 1.54) is 44.4 Å². The van der Waals surface area contributed by atoms with Crippen molar-refractivity contribution < 1.29 is 23.4 Å². The lowest BCUT2D eigenvalue weighted by molar-refractivity contribution is 0.0564. The average molecular weight is 458 g/mol. The highest BCUT2D eigenvalue weighted by Crippen LogP contribution is 2.38. The summed E-state index contributed by atoms with van der Waals surface area (Å²) in [4.78, 5) is 11.9. The second-order valence-corrected chi connectivity index (χ2v) is 8.54. The molecule has 170 valence electrons. The van der Waals surface area contributed by atoms with Crippen LogP contribution < -0.4 is 9.47 Å². The lowest BCUT2D eigenvalue weighted by Crippen LogP contribution is -2.15. The van der Waals surface area contributed by atoms with E-state index >= 15 is 0 Å². The van der Waals surface area contributed by atoms with E-state index in [0.29, 0.717) is 23.3 Å². The number of hydrogen-bond donors (Lipinski definition) is 0. The minimum Gasteiger partial charge on any atom is -0.493 e. The maximum atomic E-state index is 11.9. The van der Waals surface area contributed by atoms with Gasteiger partial charge in [0.2, 0.25) is 5.76 Å². The number of esters is 1. The molecule has 0 unspecified atom stereocenters. The number of ether oxygens (including phenoxy) is 3. The van der Waals surface area contributed by atoms with E-state index in [9.17, 15) is 4.79 Å². The summed E-state index contributed by atoms with van der Waals surface area (Å²) in [5, 5.41) is 9.88. The van der Waals surface area contributed by atoms with Crippen LogP contribution >= 0.6 is 11.8 Å². The lowest BCUT2D eigenvalue weighted by Gasteiger charge is -2.25. The van der Waals surface area contributed by atoms with Gasteiger partial charge in [-0.15, -0.1) is 10.2 Å². The van der Waals surface area contributed by atoms with Gasteiger partial charge in [0.1, 0.15) is 0 Å². The first-order valence-corrected chi connectivity index (χ1v) is 11.6. The molecule has 8 nitrogen and oxygen atoms in total. The number of nitrogens with zero attached hydrogens (tertiary/aromatic N) is 3. The van der Waals surface area contributed by atoms with Gasteiger partial charge in [-0.05, 0) is 37.1 Å². The molecule has 0 radical (unpaired) electrons. The Morgan fingerprint density at radius 3 is 2.59 bits per heavy atom. The summed E-state index contributed by atoms with van der Waals surface area (Å²) in [7, 11) is 4.59. The first-order valence-electron chi connectivity index (χ1n) is 10.6. The van der Waals surface area contributed by atoms with Crippen molar-refractivity contribution in [3.8, 4) is 22.9 Å².